The summed E-state index contributed by atoms with van der Waals surface area (Å²) in [7, 11) is 0. The second-order valence-electron chi connectivity index (χ2n) is 2.93. The number of carbonyl (C=O) groups is 1. The third kappa shape index (κ3) is 3.77. The van der Waals surface area contributed by atoms with E-state index in [0.717, 1.165) is 0 Å². The first-order chi connectivity index (χ1) is 7.49. The Morgan fingerprint density at radius 1 is 1.69 bits per heavy atom. The number of aliphatic hydroxyl groups excluding tert-OH is 1. The lowest BCUT2D eigenvalue weighted by atomic mass is 10.2. The van der Waals surface area contributed by atoms with Crippen molar-refractivity contribution in [3.63, 3.8) is 0 Å². The van der Waals surface area contributed by atoms with Crippen LogP contribution in [0.5, 0.6) is 0 Å². The second kappa shape index (κ2) is 5.35. The number of hydrogen-bond donors (Lipinski definition) is 3. The Kier molecular flexibility index (Phi) is 4.11. The molecule has 6 heteroatoms. The highest BCUT2D eigenvalue weighted by Crippen LogP contribution is 2.16. The average Bonchev–Trinajstić information content (AvgIpc) is 2.17. The molecule has 1 amide bonds. The Bertz CT molecular complexity index is 463. The van der Waals surface area contributed by atoms with Crippen molar-refractivity contribution in [1.82, 2.24) is 4.98 Å². The molecule has 1 rings (SSSR count). The lowest BCUT2D eigenvalue weighted by molar-refractivity contribution is 0.209. The van der Waals surface area contributed by atoms with Crippen LogP contribution in [0.2, 0.25) is 5.15 Å². The summed E-state index contributed by atoms with van der Waals surface area (Å²) in [6.45, 7) is 1.50. The standard InChI is InChI=1S/C10H9ClN2O3/c1-6(14)2-3-7-4-9(11)12-5-8(7)13-10(15)16/h4-6,13-14H,1H3,(H,15,16). The van der Waals surface area contributed by atoms with Gasteiger partial charge in [0.05, 0.1) is 17.4 Å². The zero-order valence-corrected chi connectivity index (χ0v) is 9.12. The van der Waals surface area contributed by atoms with Gasteiger partial charge in [0, 0.05) is 0 Å². The maximum absolute atomic E-state index is 10.5. The normalized spacial score (nSPS) is 11.2. The zero-order chi connectivity index (χ0) is 12.1. The molecule has 0 radical (unpaired) electrons. The van der Waals surface area contributed by atoms with Crippen LogP contribution in [0.1, 0.15) is 12.5 Å². The number of carboxylic acid groups (broad SMARTS) is 1. The molecule has 0 saturated heterocycles. The zero-order valence-electron chi connectivity index (χ0n) is 8.36. The van der Waals surface area contributed by atoms with Gasteiger partial charge in [-0.1, -0.05) is 23.4 Å². The molecule has 1 aromatic heterocycles. The van der Waals surface area contributed by atoms with Gasteiger partial charge in [-0.25, -0.2) is 9.78 Å². The Morgan fingerprint density at radius 3 is 2.94 bits per heavy atom. The Balaban J connectivity index is 3.09. The first-order valence-corrected chi connectivity index (χ1v) is 4.72. The molecule has 1 unspecified atom stereocenters. The SMILES string of the molecule is CC(O)C#Cc1cc(Cl)ncc1NC(=O)O. The molecule has 0 aliphatic carbocycles. The summed E-state index contributed by atoms with van der Waals surface area (Å²) >= 11 is 5.65. The Labute approximate surface area is 97.1 Å². The van der Waals surface area contributed by atoms with Crippen molar-refractivity contribution in [3.05, 3.63) is 23.0 Å². The molecule has 1 atom stereocenters. The monoisotopic (exact) mass is 240 g/mol. The van der Waals surface area contributed by atoms with Crippen LogP contribution >= 0.6 is 11.6 Å². The van der Waals surface area contributed by atoms with Gasteiger partial charge in [0.15, 0.2) is 0 Å². The lowest BCUT2D eigenvalue weighted by Crippen LogP contribution is -2.09. The van der Waals surface area contributed by atoms with E-state index in [4.69, 9.17) is 21.8 Å². The summed E-state index contributed by atoms with van der Waals surface area (Å²) in [5, 5.41) is 19.9. The number of nitrogens with one attached hydrogen (secondary N) is 1. The van der Waals surface area contributed by atoms with E-state index < -0.39 is 12.2 Å². The quantitative estimate of drug-likeness (QED) is 0.514. The van der Waals surface area contributed by atoms with Crippen molar-refractivity contribution < 1.29 is 15.0 Å². The fourth-order valence-corrected chi connectivity index (χ4v) is 1.09. The predicted molar refractivity (Wildman–Crippen MR) is 59.5 cm³/mol. The first kappa shape index (κ1) is 12.3. The third-order valence-electron chi connectivity index (χ3n) is 1.53. The molecular weight excluding hydrogens is 232 g/mol. The van der Waals surface area contributed by atoms with Crippen LogP contribution < -0.4 is 5.32 Å². The van der Waals surface area contributed by atoms with E-state index >= 15 is 0 Å². The van der Waals surface area contributed by atoms with Crippen molar-refractivity contribution in [1.29, 1.82) is 0 Å². The molecule has 0 spiro atoms. The maximum Gasteiger partial charge on any atom is 0.409 e. The van der Waals surface area contributed by atoms with Gasteiger partial charge in [-0.3, -0.25) is 5.32 Å². The molecule has 16 heavy (non-hydrogen) atoms. The fourth-order valence-electron chi connectivity index (χ4n) is 0.930. The van der Waals surface area contributed by atoms with Crippen LogP contribution in [0.15, 0.2) is 12.3 Å². The van der Waals surface area contributed by atoms with E-state index in [1.807, 2.05) is 0 Å². The van der Waals surface area contributed by atoms with Gasteiger partial charge in [0.25, 0.3) is 0 Å². The molecule has 0 aliphatic heterocycles. The van der Waals surface area contributed by atoms with Crippen molar-refractivity contribution in [2.24, 2.45) is 0 Å². The van der Waals surface area contributed by atoms with Crippen LogP contribution in [0.25, 0.3) is 0 Å². The largest absolute Gasteiger partial charge is 0.465 e. The minimum absolute atomic E-state index is 0.200. The van der Waals surface area contributed by atoms with E-state index in [9.17, 15) is 4.79 Å². The number of aromatic nitrogens is 1. The number of hydrogen-bond acceptors (Lipinski definition) is 3. The molecule has 1 aromatic rings. The predicted octanol–water partition coefficient (Wildman–Crippen LogP) is 1.56. The van der Waals surface area contributed by atoms with Gasteiger partial charge in [-0.15, -0.1) is 0 Å². The molecular formula is C10H9ClN2O3. The van der Waals surface area contributed by atoms with Crippen LogP contribution in [-0.4, -0.2) is 27.4 Å². The van der Waals surface area contributed by atoms with Gasteiger partial charge in [-0.05, 0) is 13.0 Å². The van der Waals surface area contributed by atoms with E-state index in [1.165, 1.54) is 19.2 Å². The van der Waals surface area contributed by atoms with Gasteiger partial charge >= 0.3 is 6.09 Å². The Morgan fingerprint density at radius 2 is 2.38 bits per heavy atom. The molecule has 1 heterocycles. The summed E-state index contributed by atoms with van der Waals surface area (Å²) in [4.78, 5) is 14.2. The van der Waals surface area contributed by atoms with E-state index in [1.54, 1.807) is 0 Å². The molecule has 0 aliphatic rings. The Hall–Kier alpha value is -1.77. The smallest absolute Gasteiger partial charge is 0.409 e. The van der Waals surface area contributed by atoms with Gasteiger partial charge in [0.2, 0.25) is 0 Å². The number of anilines is 1. The molecule has 84 valence electrons. The van der Waals surface area contributed by atoms with Crippen molar-refractivity contribution in [2.45, 2.75) is 13.0 Å². The molecule has 0 fully saturated rings. The van der Waals surface area contributed by atoms with Crippen LogP contribution in [0.3, 0.4) is 0 Å². The van der Waals surface area contributed by atoms with Crippen LogP contribution in [-0.2, 0) is 0 Å². The first-order valence-electron chi connectivity index (χ1n) is 4.34. The van der Waals surface area contributed by atoms with Crippen molar-refractivity contribution in [2.75, 3.05) is 5.32 Å². The van der Waals surface area contributed by atoms with Gasteiger partial charge in [-0.2, -0.15) is 0 Å². The van der Waals surface area contributed by atoms with E-state index in [-0.39, 0.29) is 10.8 Å². The number of amides is 1. The summed E-state index contributed by atoms with van der Waals surface area (Å²) in [6.07, 6.45) is -0.753. The number of aliphatic hydroxyl groups is 1. The van der Waals surface area contributed by atoms with Crippen LogP contribution in [0, 0.1) is 11.8 Å². The van der Waals surface area contributed by atoms with Gasteiger partial charge < -0.3 is 10.2 Å². The number of nitrogens with zero attached hydrogens (tertiary/aromatic N) is 1. The summed E-state index contributed by atoms with van der Waals surface area (Å²) in [5.41, 5.74) is 0.591. The molecule has 0 bridgehead atoms. The van der Waals surface area contributed by atoms with Crippen molar-refractivity contribution in [3.8, 4) is 11.8 Å². The summed E-state index contributed by atoms with van der Waals surface area (Å²) in [5.74, 6) is 5.10. The van der Waals surface area contributed by atoms with Crippen molar-refractivity contribution >= 4 is 23.4 Å². The molecule has 0 saturated carbocycles. The summed E-state index contributed by atoms with van der Waals surface area (Å²) < 4.78 is 0. The minimum Gasteiger partial charge on any atom is -0.465 e. The highest BCUT2D eigenvalue weighted by molar-refractivity contribution is 6.29. The molecule has 5 nitrogen and oxygen atoms in total. The fraction of sp³-hybridized carbons (Fsp3) is 0.200. The molecule has 3 N–H and O–H groups in total. The number of pyridine rings is 1. The minimum atomic E-state index is -1.22. The molecule has 0 aromatic carbocycles. The number of rotatable bonds is 1. The highest BCUT2D eigenvalue weighted by atomic mass is 35.5. The van der Waals surface area contributed by atoms with E-state index in [0.29, 0.717) is 5.56 Å². The van der Waals surface area contributed by atoms with E-state index in [2.05, 4.69) is 22.1 Å². The lowest BCUT2D eigenvalue weighted by Gasteiger charge is -2.03. The topological polar surface area (TPSA) is 82.5 Å². The highest BCUT2D eigenvalue weighted by Gasteiger charge is 2.05. The summed E-state index contributed by atoms with van der Waals surface area (Å²) in [6, 6.07) is 1.42. The second-order valence-corrected chi connectivity index (χ2v) is 3.32. The van der Waals surface area contributed by atoms with Crippen LogP contribution in [0.4, 0.5) is 10.5 Å². The third-order valence-corrected chi connectivity index (χ3v) is 1.73. The average molecular weight is 241 g/mol. The van der Waals surface area contributed by atoms with Gasteiger partial charge in [0.1, 0.15) is 11.3 Å². The maximum atomic E-state index is 10.5. The number of halogens is 1.